The highest BCUT2D eigenvalue weighted by molar-refractivity contribution is 5.68. The van der Waals surface area contributed by atoms with Gasteiger partial charge in [-0.05, 0) is 132 Å². The van der Waals surface area contributed by atoms with Gasteiger partial charge in [0.2, 0.25) is 0 Å². The molecule has 0 atom stereocenters. The van der Waals surface area contributed by atoms with E-state index in [9.17, 15) is 4.79 Å². The molecular formula is C43H66N6O2. The van der Waals surface area contributed by atoms with Crippen LogP contribution in [0.15, 0.2) is 36.4 Å². The van der Waals surface area contributed by atoms with Crippen LogP contribution >= 0.6 is 0 Å². The van der Waals surface area contributed by atoms with Crippen LogP contribution in [0.4, 0.5) is 16.2 Å². The number of nitrogens with zero attached hydrogens (tertiary/aromatic N) is 5. The zero-order valence-corrected chi connectivity index (χ0v) is 32.6. The molecular weight excluding hydrogens is 633 g/mol. The number of fused-ring (bicyclic) bond motifs is 2. The van der Waals surface area contributed by atoms with Crippen LogP contribution in [0.1, 0.15) is 95.4 Å². The molecule has 2 aromatic carbocycles. The van der Waals surface area contributed by atoms with E-state index in [1.165, 1.54) is 94.6 Å². The second kappa shape index (κ2) is 15.3. The van der Waals surface area contributed by atoms with Crippen LogP contribution in [0, 0.1) is 10.8 Å². The van der Waals surface area contributed by atoms with Gasteiger partial charge in [-0.2, -0.15) is 0 Å². The maximum Gasteiger partial charge on any atom is 0.410 e. The van der Waals surface area contributed by atoms with Crippen molar-refractivity contribution in [3.05, 3.63) is 58.7 Å². The summed E-state index contributed by atoms with van der Waals surface area (Å²) < 4.78 is 5.54. The highest BCUT2D eigenvalue weighted by Gasteiger charge is 2.46. The van der Waals surface area contributed by atoms with E-state index in [1.807, 2.05) is 25.7 Å². The zero-order chi connectivity index (χ0) is 35.6. The van der Waals surface area contributed by atoms with Gasteiger partial charge in [0.05, 0.1) is 0 Å². The Labute approximate surface area is 308 Å². The van der Waals surface area contributed by atoms with E-state index >= 15 is 0 Å². The summed E-state index contributed by atoms with van der Waals surface area (Å²) in [6.07, 6.45) is 9.83. The molecule has 0 aliphatic carbocycles. The number of benzene rings is 2. The number of rotatable bonds is 6. The number of nitrogens with one attached hydrogen (secondary N) is 1. The summed E-state index contributed by atoms with van der Waals surface area (Å²) in [5.41, 5.74) is 9.83. The molecule has 2 aromatic rings. The van der Waals surface area contributed by atoms with Gasteiger partial charge in [0, 0.05) is 89.9 Å². The quantitative estimate of drug-likeness (QED) is 0.351. The van der Waals surface area contributed by atoms with Gasteiger partial charge in [-0.3, -0.25) is 9.80 Å². The van der Waals surface area contributed by atoms with Crippen molar-refractivity contribution in [1.82, 2.24) is 20.0 Å². The molecule has 6 heterocycles. The average molecular weight is 699 g/mol. The summed E-state index contributed by atoms with van der Waals surface area (Å²) in [5, 5.41) is 3.50. The monoisotopic (exact) mass is 699 g/mol. The Hall–Kier alpha value is -2.81. The molecule has 0 radical (unpaired) electrons. The molecule has 0 aromatic heterocycles. The number of hydrogen-bond donors (Lipinski definition) is 1. The predicted octanol–water partition coefficient (Wildman–Crippen LogP) is 6.94. The molecule has 51 heavy (non-hydrogen) atoms. The molecule has 2 spiro atoms. The Kier molecular flexibility index (Phi) is 10.9. The number of ether oxygens (including phenoxy) is 1. The largest absolute Gasteiger partial charge is 0.444 e. The Morgan fingerprint density at radius 3 is 1.63 bits per heavy atom. The van der Waals surface area contributed by atoms with Crippen LogP contribution in [0.5, 0.6) is 0 Å². The number of para-hydroxylation sites is 2. The van der Waals surface area contributed by atoms with E-state index in [0.717, 1.165) is 65.2 Å². The second-order valence-electron chi connectivity index (χ2n) is 17.7. The van der Waals surface area contributed by atoms with Crippen molar-refractivity contribution in [2.75, 3.05) is 88.3 Å². The van der Waals surface area contributed by atoms with Crippen molar-refractivity contribution in [1.29, 1.82) is 0 Å². The number of carbonyl (C=O) groups excluding carboxylic acids is 1. The predicted molar refractivity (Wildman–Crippen MR) is 210 cm³/mol. The van der Waals surface area contributed by atoms with Crippen LogP contribution in [-0.2, 0) is 30.7 Å². The minimum atomic E-state index is -0.416. The van der Waals surface area contributed by atoms with Gasteiger partial charge in [0.15, 0.2) is 0 Å². The smallest absolute Gasteiger partial charge is 0.410 e. The summed E-state index contributed by atoms with van der Waals surface area (Å²) in [6, 6.07) is 13.8. The van der Waals surface area contributed by atoms with Crippen molar-refractivity contribution in [3.63, 3.8) is 0 Å². The van der Waals surface area contributed by atoms with E-state index in [4.69, 9.17) is 4.74 Å². The molecule has 0 unspecified atom stereocenters. The van der Waals surface area contributed by atoms with Gasteiger partial charge in [0.25, 0.3) is 0 Å². The van der Waals surface area contributed by atoms with Gasteiger partial charge >= 0.3 is 6.09 Å². The maximum absolute atomic E-state index is 12.3. The molecule has 1 N–H and O–H groups in total. The lowest BCUT2D eigenvalue weighted by Crippen LogP contribution is -2.60. The van der Waals surface area contributed by atoms with Crippen LogP contribution in [0.2, 0.25) is 0 Å². The van der Waals surface area contributed by atoms with Gasteiger partial charge in [-0.15, -0.1) is 0 Å². The lowest BCUT2D eigenvalue weighted by molar-refractivity contribution is -0.0550. The second-order valence-corrected chi connectivity index (χ2v) is 17.7. The molecule has 1 amide bonds. The van der Waals surface area contributed by atoms with Crippen LogP contribution in [-0.4, -0.2) is 105 Å². The number of carbonyl (C=O) groups is 1. The first-order valence-corrected chi connectivity index (χ1v) is 20.4. The molecule has 4 saturated heterocycles. The number of piperidine rings is 2. The minimum Gasteiger partial charge on any atom is -0.444 e. The molecule has 0 saturated carbocycles. The lowest BCUT2D eigenvalue weighted by Gasteiger charge is -2.54. The number of likely N-dealkylation sites (tertiary alicyclic amines) is 3. The SMILES string of the molecule is CCN1CCCc2cccc(CN3CC4(CCN(C(=O)OC(C)(C)C)CC4)C3)c21.CCN1CCCc2cccc(CN3CC4(CCNCC4)C3)c21. The summed E-state index contributed by atoms with van der Waals surface area (Å²) in [7, 11) is 0. The third-order valence-electron chi connectivity index (χ3n) is 12.7. The van der Waals surface area contributed by atoms with E-state index in [1.54, 1.807) is 16.8 Å². The Bertz CT molecular complexity index is 1490. The van der Waals surface area contributed by atoms with Crippen molar-refractivity contribution in [3.8, 4) is 0 Å². The molecule has 280 valence electrons. The fraction of sp³-hybridized carbons (Fsp3) is 0.698. The van der Waals surface area contributed by atoms with E-state index < -0.39 is 5.60 Å². The Morgan fingerprint density at radius 2 is 1.18 bits per heavy atom. The highest BCUT2D eigenvalue weighted by Crippen LogP contribution is 2.43. The summed E-state index contributed by atoms with van der Waals surface area (Å²) in [4.78, 5) is 24.6. The van der Waals surface area contributed by atoms with E-state index in [-0.39, 0.29) is 6.09 Å². The van der Waals surface area contributed by atoms with Gasteiger partial charge in [-0.25, -0.2) is 4.79 Å². The molecule has 6 aliphatic heterocycles. The Morgan fingerprint density at radius 1 is 0.706 bits per heavy atom. The zero-order valence-electron chi connectivity index (χ0n) is 32.6. The van der Waals surface area contributed by atoms with Crippen molar-refractivity contribution in [2.24, 2.45) is 10.8 Å². The number of hydrogen-bond acceptors (Lipinski definition) is 7. The van der Waals surface area contributed by atoms with Gasteiger partial charge in [-0.1, -0.05) is 36.4 Å². The number of anilines is 2. The third kappa shape index (κ3) is 8.23. The third-order valence-corrected chi connectivity index (χ3v) is 12.7. The first-order valence-electron chi connectivity index (χ1n) is 20.4. The van der Waals surface area contributed by atoms with Crippen LogP contribution in [0.25, 0.3) is 0 Å². The lowest BCUT2D eigenvalue weighted by atomic mass is 9.72. The van der Waals surface area contributed by atoms with Crippen molar-refractivity contribution < 1.29 is 9.53 Å². The molecule has 8 rings (SSSR count). The highest BCUT2D eigenvalue weighted by atomic mass is 16.6. The Balaban J connectivity index is 0.000000165. The van der Waals surface area contributed by atoms with Gasteiger partial charge < -0.3 is 24.8 Å². The number of amides is 1. The summed E-state index contributed by atoms with van der Waals surface area (Å²) in [6.45, 7) is 26.2. The fourth-order valence-electron chi connectivity index (χ4n) is 10.1. The molecule has 0 bridgehead atoms. The van der Waals surface area contributed by atoms with Gasteiger partial charge in [0.1, 0.15) is 5.60 Å². The fourth-order valence-corrected chi connectivity index (χ4v) is 10.1. The maximum atomic E-state index is 12.3. The van der Waals surface area contributed by atoms with Crippen molar-refractivity contribution >= 4 is 17.5 Å². The van der Waals surface area contributed by atoms with E-state index in [2.05, 4.69) is 75.2 Å². The van der Waals surface area contributed by atoms with Crippen molar-refractivity contribution in [2.45, 2.75) is 105 Å². The summed E-state index contributed by atoms with van der Waals surface area (Å²) >= 11 is 0. The normalized spacial score (nSPS) is 22.7. The molecule has 8 heteroatoms. The molecule has 6 aliphatic rings. The summed E-state index contributed by atoms with van der Waals surface area (Å²) in [5.74, 6) is 0. The average Bonchev–Trinajstić information content (AvgIpc) is 3.10. The van der Waals surface area contributed by atoms with E-state index in [0.29, 0.717) is 10.8 Å². The number of aryl methyl sites for hydroxylation is 2. The first kappa shape index (κ1) is 36.5. The minimum absolute atomic E-state index is 0.154. The van der Waals surface area contributed by atoms with Crippen LogP contribution < -0.4 is 15.1 Å². The standard InChI is InChI=1S/C24H37N3O2.C19H29N3/c1-5-26-13-7-10-19-8-6-9-20(21(19)26)16-25-17-24(18-25)11-14-27(15-12-24)22(28)29-23(2,3)4;1-2-22-12-4-7-16-5-3-6-17(18(16)22)13-21-14-19(15-21)8-10-20-11-9-19/h6,8-9H,5,7,10-18H2,1-4H3;3,5-6,20H,2,4,7-15H2,1H3. The first-order chi connectivity index (χ1) is 24.6. The molecule has 8 nitrogen and oxygen atoms in total. The van der Waals surface area contributed by atoms with Crippen LogP contribution in [0.3, 0.4) is 0 Å². The molecule has 4 fully saturated rings. The topological polar surface area (TPSA) is 54.5 Å².